The number of phenolic OH excluding ortho intramolecular Hbond substituents is 1. The van der Waals surface area contributed by atoms with Gasteiger partial charge in [0, 0.05) is 12.3 Å². The predicted molar refractivity (Wildman–Crippen MR) is 89.6 cm³/mol. The number of amides is 2. The number of nitro benzene ring substituents is 1. The first-order valence-electron chi connectivity index (χ1n) is 6.93. The van der Waals surface area contributed by atoms with E-state index in [0.29, 0.717) is 0 Å². The van der Waals surface area contributed by atoms with Crippen LogP contribution in [0.5, 0.6) is 11.6 Å². The molecular weight excluding hydrogens is 346 g/mol. The van der Waals surface area contributed by atoms with Crippen molar-refractivity contribution in [3.63, 3.8) is 0 Å². The summed E-state index contributed by atoms with van der Waals surface area (Å²) < 4.78 is 0. The number of hydrogen-bond acceptors (Lipinski definition) is 7. The number of phenols is 1. The smallest absolute Gasteiger partial charge is 0.345 e. The Morgan fingerprint density at radius 1 is 1.46 bits per heavy atom. The minimum atomic E-state index is -0.960. The van der Waals surface area contributed by atoms with Gasteiger partial charge in [0.25, 0.3) is 11.2 Å². The number of anilines is 1. The van der Waals surface area contributed by atoms with E-state index in [1.165, 1.54) is 6.92 Å². The second-order valence-electron chi connectivity index (χ2n) is 4.98. The van der Waals surface area contributed by atoms with E-state index in [1.54, 1.807) is 6.07 Å². The van der Waals surface area contributed by atoms with Crippen LogP contribution in [-0.2, 0) is 0 Å². The van der Waals surface area contributed by atoms with E-state index in [1.807, 2.05) is 4.98 Å². The van der Waals surface area contributed by atoms with Gasteiger partial charge in [-0.25, -0.2) is 9.79 Å². The molecule has 2 rings (SSSR count). The second kappa shape index (κ2) is 7.14. The third kappa shape index (κ3) is 3.65. The number of benzene rings is 1. The third-order valence-corrected chi connectivity index (χ3v) is 3.35. The maximum Gasteiger partial charge on any atom is 0.345 e. The summed E-state index contributed by atoms with van der Waals surface area (Å²) >= 11 is 0. The number of carbonyl (C=O) groups is 1. The number of urea groups is 1. The van der Waals surface area contributed by atoms with Gasteiger partial charge in [0.1, 0.15) is 17.4 Å². The van der Waals surface area contributed by atoms with E-state index in [2.05, 4.69) is 10.3 Å². The highest BCUT2D eigenvalue weighted by atomic mass is 16.6. The van der Waals surface area contributed by atoms with Crippen molar-refractivity contribution in [3.05, 3.63) is 55.4 Å². The van der Waals surface area contributed by atoms with Gasteiger partial charge < -0.3 is 15.5 Å². The Kier molecular flexibility index (Phi) is 4.98. The molecule has 2 aromatic rings. The van der Waals surface area contributed by atoms with Crippen LogP contribution in [0, 0.1) is 28.4 Å². The molecular formula is C15H11N5O6. The van der Waals surface area contributed by atoms with Gasteiger partial charge in [-0.1, -0.05) is 0 Å². The summed E-state index contributed by atoms with van der Waals surface area (Å²) in [6.45, 7) is 1.40. The SMILES string of the molecule is Cc1c(/C=N/C(=O)Nc2ccc([N+](=O)[O-])cc2O)c(O)[nH]c(=O)c1C#N. The van der Waals surface area contributed by atoms with Gasteiger partial charge in [0.05, 0.1) is 22.2 Å². The molecule has 1 aromatic heterocycles. The molecule has 11 nitrogen and oxygen atoms in total. The molecule has 1 aromatic carbocycles. The van der Waals surface area contributed by atoms with Gasteiger partial charge in [0.15, 0.2) is 0 Å². The topological polar surface area (TPSA) is 182 Å². The number of nitrogens with zero attached hydrogens (tertiary/aromatic N) is 3. The minimum Gasteiger partial charge on any atom is -0.506 e. The number of aliphatic imine (C=N–C) groups is 1. The van der Waals surface area contributed by atoms with Crippen molar-refractivity contribution in [2.24, 2.45) is 4.99 Å². The molecule has 0 unspecified atom stereocenters. The number of aromatic amines is 1. The van der Waals surface area contributed by atoms with Gasteiger partial charge in [-0.3, -0.25) is 19.9 Å². The molecule has 2 amide bonds. The molecule has 0 saturated carbocycles. The fourth-order valence-electron chi connectivity index (χ4n) is 2.02. The summed E-state index contributed by atoms with van der Waals surface area (Å²) in [5.41, 5.74) is -1.40. The van der Waals surface area contributed by atoms with Crippen molar-refractivity contribution < 1.29 is 19.9 Å². The summed E-state index contributed by atoms with van der Waals surface area (Å²) in [4.78, 5) is 38.8. The maximum atomic E-state index is 11.8. The molecule has 11 heteroatoms. The molecule has 0 aliphatic heterocycles. The summed E-state index contributed by atoms with van der Waals surface area (Å²) in [7, 11) is 0. The van der Waals surface area contributed by atoms with Gasteiger partial charge >= 0.3 is 6.03 Å². The highest BCUT2D eigenvalue weighted by molar-refractivity contribution is 6.00. The zero-order valence-corrected chi connectivity index (χ0v) is 13.2. The Morgan fingerprint density at radius 2 is 2.15 bits per heavy atom. The van der Waals surface area contributed by atoms with Gasteiger partial charge in [-0.15, -0.1) is 0 Å². The molecule has 0 atom stereocenters. The molecule has 26 heavy (non-hydrogen) atoms. The second-order valence-corrected chi connectivity index (χ2v) is 4.98. The summed E-state index contributed by atoms with van der Waals surface area (Å²) in [6, 6.07) is 3.77. The van der Waals surface area contributed by atoms with Crippen molar-refractivity contribution in [1.82, 2.24) is 4.98 Å². The van der Waals surface area contributed by atoms with Crippen LogP contribution >= 0.6 is 0 Å². The van der Waals surface area contributed by atoms with E-state index < -0.39 is 28.1 Å². The molecule has 4 N–H and O–H groups in total. The van der Waals surface area contributed by atoms with E-state index in [0.717, 1.165) is 24.4 Å². The average molecular weight is 357 g/mol. The van der Waals surface area contributed by atoms with Crippen LogP contribution in [0.1, 0.15) is 16.7 Å². The Bertz CT molecular complexity index is 1030. The number of nitriles is 1. The molecule has 0 spiro atoms. The molecule has 0 radical (unpaired) electrons. The van der Waals surface area contributed by atoms with Crippen LogP contribution < -0.4 is 10.9 Å². The lowest BCUT2D eigenvalue weighted by Gasteiger charge is -2.05. The number of aromatic nitrogens is 1. The first-order valence-corrected chi connectivity index (χ1v) is 6.93. The average Bonchev–Trinajstić information content (AvgIpc) is 2.56. The van der Waals surface area contributed by atoms with E-state index in [9.17, 15) is 29.9 Å². The molecule has 0 aliphatic rings. The third-order valence-electron chi connectivity index (χ3n) is 3.35. The monoisotopic (exact) mass is 357 g/mol. The molecule has 1 heterocycles. The first kappa shape index (κ1) is 18.1. The Hall–Kier alpha value is -4.20. The van der Waals surface area contributed by atoms with Crippen LogP contribution in [0.15, 0.2) is 28.0 Å². The van der Waals surface area contributed by atoms with Gasteiger partial charge in [-0.05, 0) is 18.6 Å². The number of H-pyrrole nitrogens is 1. The Morgan fingerprint density at radius 3 is 2.73 bits per heavy atom. The number of aromatic hydroxyl groups is 2. The van der Waals surface area contributed by atoms with Crippen molar-refractivity contribution in [3.8, 4) is 17.7 Å². The first-order chi connectivity index (χ1) is 12.2. The minimum absolute atomic E-state index is 0.0378. The van der Waals surface area contributed by atoms with Crippen LogP contribution in [0.3, 0.4) is 0 Å². The van der Waals surface area contributed by atoms with Crippen molar-refractivity contribution in [2.75, 3.05) is 5.32 Å². The lowest BCUT2D eigenvalue weighted by molar-refractivity contribution is -0.384. The number of nitro groups is 1. The van der Waals surface area contributed by atoms with Crippen LogP contribution in [0.4, 0.5) is 16.2 Å². The number of carbonyl (C=O) groups excluding carboxylic acids is 1. The van der Waals surface area contributed by atoms with Gasteiger partial charge in [-0.2, -0.15) is 5.26 Å². The quantitative estimate of drug-likeness (QED) is 0.278. The highest BCUT2D eigenvalue weighted by Gasteiger charge is 2.14. The number of pyridine rings is 1. The molecule has 0 saturated heterocycles. The molecule has 0 fully saturated rings. The number of rotatable bonds is 3. The van der Waals surface area contributed by atoms with Crippen molar-refractivity contribution in [1.29, 1.82) is 5.26 Å². The predicted octanol–water partition coefficient (Wildman–Crippen LogP) is 1.53. The Balaban J connectivity index is 2.25. The molecule has 0 aliphatic carbocycles. The largest absolute Gasteiger partial charge is 0.506 e. The fraction of sp³-hybridized carbons (Fsp3) is 0.0667. The normalized spacial score (nSPS) is 10.5. The fourth-order valence-corrected chi connectivity index (χ4v) is 2.02. The lowest BCUT2D eigenvalue weighted by atomic mass is 10.1. The summed E-state index contributed by atoms with van der Waals surface area (Å²) in [5.74, 6) is -1.10. The van der Waals surface area contributed by atoms with E-state index in [-0.39, 0.29) is 28.1 Å². The van der Waals surface area contributed by atoms with Crippen LogP contribution in [0.25, 0.3) is 0 Å². The molecule has 0 bridgehead atoms. The van der Waals surface area contributed by atoms with Gasteiger partial charge in [0.2, 0.25) is 5.88 Å². The number of hydrogen-bond donors (Lipinski definition) is 4. The zero-order valence-electron chi connectivity index (χ0n) is 13.2. The lowest BCUT2D eigenvalue weighted by Crippen LogP contribution is -2.14. The summed E-state index contributed by atoms with van der Waals surface area (Å²) in [5, 5.41) is 41.1. The standard InChI is InChI=1S/C15H11N5O6/c1-7-9(5-16)13(22)19-14(23)10(7)6-17-15(24)18-11-3-2-8(20(25)26)4-12(11)21/h2-4,6,21H,1H3,(H,18,24)(H2,19,22,23)/b17-6+. The van der Waals surface area contributed by atoms with Crippen LogP contribution in [-0.4, -0.2) is 32.4 Å². The maximum absolute atomic E-state index is 11.8. The number of nitrogens with one attached hydrogen (secondary N) is 2. The van der Waals surface area contributed by atoms with Crippen LogP contribution in [0.2, 0.25) is 0 Å². The Labute approximate surface area is 145 Å². The zero-order chi connectivity index (χ0) is 19.4. The van der Waals surface area contributed by atoms with E-state index in [4.69, 9.17) is 5.26 Å². The van der Waals surface area contributed by atoms with Crippen molar-refractivity contribution in [2.45, 2.75) is 6.92 Å². The van der Waals surface area contributed by atoms with Crippen molar-refractivity contribution >= 4 is 23.6 Å². The number of non-ortho nitro benzene ring substituents is 1. The highest BCUT2D eigenvalue weighted by Crippen LogP contribution is 2.27. The van der Waals surface area contributed by atoms with E-state index >= 15 is 0 Å². The molecule has 132 valence electrons. The summed E-state index contributed by atoms with van der Waals surface area (Å²) in [6.07, 6.45) is 0.930.